The Morgan fingerprint density at radius 3 is 2.20 bits per heavy atom. The van der Waals surface area contributed by atoms with Gasteiger partial charge in [0.2, 0.25) is 11.8 Å². The van der Waals surface area contributed by atoms with E-state index in [-0.39, 0.29) is 74.0 Å². The average molecular weight is 698 g/mol. The Hall–Kier alpha value is -4.07. The molecule has 0 bridgehead atoms. The number of aryl methyl sites for hydroxylation is 1. The molecule has 5 rings (SSSR count). The van der Waals surface area contributed by atoms with Gasteiger partial charge in [-0.05, 0) is 44.4 Å². The van der Waals surface area contributed by atoms with Crippen LogP contribution >= 0.6 is 0 Å². The third-order valence-corrected chi connectivity index (χ3v) is 10.3. The minimum atomic E-state index is -1.22. The van der Waals surface area contributed by atoms with Crippen molar-refractivity contribution in [2.45, 2.75) is 51.2 Å². The van der Waals surface area contributed by atoms with E-state index in [2.05, 4.69) is 5.32 Å². The molecule has 50 heavy (non-hydrogen) atoms. The molecule has 3 N–H and O–H groups in total. The van der Waals surface area contributed by atoms with Crippen LogP contribution in [0, 0.1) is 23.5 Å². The van der Waals surface area contributed by atoms with E-state index in [1.165, 1.54) is 4.57 Å². The van der Waals surface area contributed by atoms with E-state index in [1.54, 1.807) is 30.8 Å². The number of nitrogens with two attached hydrogens (primary N) is 1. The molecular weight excluding hydrogens is 648 g/mol. The highest BCUT2D eigenvalue weighted by Crippen LogP contribution is 2.38. The molecule has 2 aromatic carbocycles. The number of hydrogen-bond acceptors (Lipinski definition) is 7. The summed E-state index contributed by atoms with van der Waals surface area (Å²) in [6.07, 6.45) is 4.78. The number of aromatic nitrogens is 1. The number of nitrogens with one attached hydrogen (secondary N) is 1. The normalized spacial score (nSPS) is 17.5. The number of carbonyl (C=O) groups excluding carboxylic acids is 3. The number of primary amides is 1. The van der Waals surface area contributed by atoms with Crippen LogP contribution in [0.1, 0.15) is 55.1 Å². The second-order valence-corrected chi connectivity index (χ2v) is 13.3. The maximum atomic E-state index is 14.4. The Bertz CT molecular complexity index is 1640. The van der Waals surface area contributed by atoms with E-state index in [9.17, 15) is 23.2 Å². The molecule has 1 unspecified atom stereocenters. The number of amides is 3. The highest BCUT2D eigenvalue weighted by Gasteiger charge is 2.49. The first kappa shape index (κ1) is 37.2. The second-order valence-electron chi connectivity index (χ2n) is 13.3. The summed E-state index contributed by atoms with van der Waals surface area (Å²) in [7, 11) is 3.26. The van der Waals surface area contributed by atoms with Crippen molar-refractivity contribution < 1.29 is 37.4 Å². The van der Waals surface area contributed by atoms with Gasteiger partial charge in [0.15, 0.2) is 23.1 Å². The van der Waals surface area contributed by atoms with Gasteiger partial charge in [-0.2, -0.15) is 0 Å². The van der Waals surface area contributed by atoms with Crippen molar-refractivity contribution in [1.29, 1.82) is 0 Å². The molecule has 1 aromatic heterocycles. The third kappa shape index (κ3) is 8.11. The largest absolute Gasteiger partial charge is 0.488 e. The van der Waals surface area contributed by atoms with Crippen molar-refractivity contribution in [3.63, 3.8) is 0 Å². The molecule has 2 atom stereocenters. The van der Waals surface area contributed by atoms with Gasteiger partial charge < -0.3 is 39.6 Å². The van der Waals surface area contributed by atoms with Gasteiger partial charge in [-0.15, -0.1) is 0 Å². The van der Waals surface area contributed by atoms with E-state index in [0.29, 0.717) is 25.3 Å². The number of ether oxygens (including phenoxy) is 3. The Morgan fingerprint density at radius 2 is 1.54 bits per heavy atom. The molecule has 2 fully saturated rings. The van der Waals surface area contributed by atoms with Gasteiger partial charge in [0, 0.05) is 44.7 Å². The Morgan fingerprint density at radius 1 is 0.920 bits per heavy atom. The molecule has 0 spiro atoms. The lowest BCUT2D eigenvalue weighted by Crippen LogP contribution is -2.64. The van der Waals surface area contributed by atoms with Crippen LogP contribution in [0.15, 0.2) is 42.5 Å². The van der Waals surface area contributed by atoms with Gasteiger partial charge in [-0.1, -0.05) is 49.6 Å². The zero-order chi connectivity index (χ0) is 35.8. The molecule has 272 valence electrons. The summed E-state index contributed by atoms with van der Waals surface area (Å²) in [6, 6.07) is 11.9. The summed E-state index contributed by atoms with van der Waals surface area (Å²) in [5.74, 6) is -3.67. The first-order valence-corrected chi connectivity index (χ1v) is 17.4. The monoisotopic (exact) mass is 697 g/mol. The molecule has 1 saturated heterocycles. The van der Waals surface area contributed by atoms with Crippen molar-refractivity contribution in [1.82, 2.24) is 19.7 Å². The lowest BCUT2D eigenvalue weighted by Gasteiger charge is -2.44. The third-order valence-electron chi connectivity index (χ3n) is 10.3. The summed E-state index contributed by atoms with van der Waals surface area (Å²) in [5, 5.41) is 3.31. The first-order chi connectivity index (χ1) is 24.1. The van der Waals surface area contributed by atoms with E-state index in [1.807, 2.05) is 30.3 Å². The molecule has 0 radical (unpaired) electrons. The Labute approximate surface area is 292 Å². The van der Waals surface area contributed by atoms with Gasteiger partial charge in [0.05, 0.1) is 37.9 Å². The summed E-state index contributed by atoms with van der Waals surface area (Å²) in [4.78, 5) is 44.2. The number of carbonyl (C=O) groups is 3. The highest BCUT2D eigenvalue weighted by molar-refractivity contribution is 6.04. The van der Waals surface area contributed by atoms with Gasteiger partial charge in [-0.3, -0.25) is 14.4 Å². The fourth-order valence-corrected chi connectivity index (χ4v) is 7.27. The number of likely N-dealkylation sites (N-methyl/N-ethyl adjacent to an activating group) is 1. The molecule has 13 heteroatoms. The van der Waals surface area contributed by atoms with Gasteiger partial charge in [0.25, 0.3) is 5.91 Å². The number of halogens is 2. The standard InChI is InChI=1S/C37H49F2N5O6/c1-37(41-2,36(40)47)31(26-12-8-5-9-13-26)34(45)43-14-16-44(17-15-43)35(46)32-33(27-22-28(38)29(39)23-30(27)42(32)3)50-21-20-48-18-19-49-24-25-10-6-4-7-11-25/h4,6-7,10-11,22-23,26,31,41H,5,8-9,12-21,24H2,1-3H3,(H2,40,47)/t31-,37?/m1/s1. The SMILES string of the molecule is CNC(C)(C(N)=O)[C@@H](C(=O)N1CCN(C(=O)c2c(OCCOCCOCc3ccccc3)c3cc(F)c(F)cc3n2C)CC1)C1CCCCC1. The fraction of sp³-hybridized carbons (Fsp3) is 0.541. The predicted molar refractivity (Wildman–Crippen MR) is 184 cm³/mol. The van der Waals surface area contributed by atoms with Crippen LogP contribution in [0.5, 0.6) is 5.75 Å². The number of nitrogens with zero attached hydrogens (tertiary/aromatic N) is 3. The highest BCUT2D eigenvalue weighted by atomic mass is 19.2. The van der Waals surface area contributed by atoms with Crippen LogP contribution in [0.4, 0.5) is 8.78 Å². The van der Waals surface area contributed by atoms with Gasteiger partial charge >= 0.3 is 0 Å². The summed E-state index contributed by atoms with van der Waals surface area (Å²) in [5.41, 5.74) is 6.15. The maximum absolute atomic E-state index is 14.4. The lowest BCUT2D eigenvalue weighted by molar-refractivity contribution is -0.147. The van der Waals surface area contributed by atoms with E-state index in [0.717, 1.165) is 49.8 Å². The van der Waals surface area contributed by atoms with Crippen molar-refractivity contribution in [3.05, 3.63) is 65.4 Å². The first-order valence-electron chi connectivity index (χ1n) is 17.4. The Kier molecular flexibility index (Phi) is 12.5. The molecule has 11 nitrogen and oxygen atoms in total. The van der Waals surface area contributed by atoms with Gasteiger partial charge in [-0.25, -0.2) is 8.78 Å². The van der Waals surface area contributed by atoms with Crippen LogP contribution in [-0.2, 0) is 32.7 Å². The molecular formula is C37H49F2N5O6. The van der Waals surface area contributed by atoms with E-state index >= 15 is 0 Å². The van der Waals surface area contributed by atoms with Crippen molar-refractivity contribution in [2.24, 2.45) is 24.6 Å². The smallest absolute Gasteiger partial charge is 0.274 e. The van der Waals surface area contributed by atoms with Crippen LogP contribution in [0.25, 0.3) is 10.9 Å². The number of rotatable bonds is 15. The average Bonchev–Trinajstić information content (AvgIpc) is 3.39. The summed E-state index contributed by atoms with van der Waals surface area (Å²) in [6.45, 7) is 4.09. The van der Waals surface area contributed by atoms with Crippen LogP contribution in [-0.4, -0.2) is 97.3 Å². The number of piperazine rings is 1. The van der Waals surface area contributed by atoms with Crippen molar-refractivity contribution >= 4 is 28.6 Å². The number of fused-ring (bicyclic) bond motifs is 1. The molecule has 2 heterocycles. The van der Waals surface area contributed by atoms with E-state index in [4.69, 9.17) is 19.9 Å². The molecule has 3 aromatic rings. The summed E-state index contributed by atoms with van der Waals surface area (Å²) < 4.78 is 47.6. The predicted octanol–water partition coefficient (Wildman–Crippen LogP) is 4.01. The second kappa shape index (κ2) is 16.8. The van der Waals surface area contributed by atoms with Crippen molar-refractivity contribution in [3.8, 4) is 5.75 Å². The molecule has 3 amide bonds. The minimum Gasteiger partial charge on any atom is -0.488 e. The molecule has 1 saturated carbocycles. The quantitative estimate of drug-likeness (QED) is 0.230. The topological polar surface area (TPSA) is 128 Å². The molecule has 2 aliphatic rings. The van der Waals surface area contributed by atoms with Crippen LogP contribution in [0.3, 0.4) is 0 Å². The van der Waals surface area contributed by atoms with E-state index < -0.39 is 29.0 Å². The molecule has 1 aliphatic carbocycles. The molecule has 1 aliphatic heterocycles. The maximum Gasteiger partial charge on any atom is 0.274 e. The fourth-order valence-electron chi connectivity index (χ4n) is 7.27. The van der Waals surface area contributed by atoms with Crippen molar-refractivity contribution in [2.75, 3.05) is 59.7 Å². The Balaban J connectivity index is 1.25. The van der Waals surface area contributed by atoms with Gasteiger partial charge in [0.1, 0.15) is 12.1 Å². The minimum absolute atomic E-state index is 0.0166. The summed E-state index contributed by atoms with van der Waals surface area (Å²) >= 11 is 0. The lowest BCUT2D eigenvalue weighted by atomic mass is 9.69. The number of benzene rings is 2. The zero-order valence-electron chi connectivity index (χ0n) is 29.2. The van der Waals surface area contributed by atoms with Crippen LogP contribution < -0.4 is 15.8 Å². The number of hydrogen-bond donors (Lipinski definition) is 2. The van der Waals surface area contributed by atoms with Crippen LogP contribution in [0.2, 0.25) is 0 Å². The zero-order valence-corrected chi connectivity index (χ0v) is 29.2.